The minimum absolute atomic E-state index is 0.0888. The van der Waals surface area contributed by atoms with Crippen LogP contribution in [0, 0.1) is 5.92 Å². The number of carbonyl (C=O) groups is 1. The number of rotatable bonds is 5. The lowest BCUT2D eigenvalue weighted by Gasteiger charge is -2.19. The van der Waals surface area contributed by atoms with E-state index in [0.29, 0.717) is 0 Å². The van der Waals surface area contributed by atoms with Crippen molar-refractivity contribution in [3.63, 3.8) is 0 Å². The molecule has 1 aromatic carbocycles. The highest BCUT2D eigenvalue weighted by Crippen LogP contribution is 2.34. The topological polar surface area (TPSA) is 67.2 Å². The summed E-state index contributed by atoms with van der Waals surface area (Å²) in [5, 5.41) is 12.5. The van der Waals surface area contributed by atoms with E-state index in [-0.39, 0.29) is 12.0 Å². The van der Waals surface area contributed by atoms with Gasteiger partial charge in [-0.2, -0.15) is 0 Å². The molecule has 2 unspecified atom stereocenters. The number of aryl methyl sites for hydroxylation is 1. The number of benzene rings is 1. The summed E-state index contributed by atoms with van der Waals surface area (Å²) < 4.78 is 2.03. The third-order valence-corrected chi connectivity index (χ3v) is 4.00. The van der Waals surface area contributed by atoms with Gasteiger partial charge in [0.1, 0.15) is 11.9 Å². The van der Waals surface area contributed by atoms with Crippen LogP contribution in [0.3, 0.4) is 0 Å². The lowest BCUT2D eigenvalue weighted by molar-refractivity contribution is -0.140. The Labute approximate surface area is 117 Å². The van der Waals surface area contributed by atoms with Crippen molar-refractivity contribution < 1.29 is 9.90 Å². The number of hydrogen-bond donors (Lipinski definition) is 2. The van der Waals surface area contributed by atoms with Crippen molar-refractivity contribution in [1.29, 1.82) is 0 Å². The summed E-state index contributed by atoms with van der Waals surface area (Å²) in [6.07, 6.45) is 2.00. The minimum Gasteiger partial charge on any atom is -0.480 e. The predicted octanol–water partition coefficient (Wildman–Crippen LogP) is 2.09. The zero-order valence-corrected chi connectivity index (χ0v) is 11.7. The van der Waals surface area contributed by atoms with Gasteiger partial charge < -0.3 is 9.67 Å². The van der Waals surface area contributed by atoms with Crippen molar-refractivity contribution in [2.24, 2.45) is 13.0 Å². The number of nitrogens with zero attached hydrogens (tertiary/aromatic N) is 2. The fraction of sp³-hybridized carbons (Fsp3) is 0.467. The summed E-state index contributed by atoms with van der Waals surface area (Å²) in [5.74, 6) is 0.376. The molecule has 0 amide bonds. The molecule has 0 aliphatic heterocycles. The van der Waals surface area contributed by atoms with E-state index in [9.17, 15) is 9.90 Å². The summed E-state index contributed by atoms with van der Waals surface area (Å²) in [4.78, 5) is 15.9. The van der Waals surface area contributed by atoms with E-state index in [1.165, 1.54) is 0 Å². The molecule has 2 N–H and O–H groups in total. The maximum Gasteiger partial charge on any atom is 0.321 e. The van der Waals surface area contributed by atoms with Gasteiger partial charge in [-0.1, -0.05) is 12.1 Å². The van der Waals surface area contributed by atoms with E-state index >= 15 is 0 Å². The molecule has 5 nitrogen and oxygen atoms in total. The molecule has 2 aromatic rings. The van der Waals surface area contributed by atoms with Crippen LogP contribution >= 0.6 is 0 Å². The van der Waals surface area contributed by atoms with Gasteiger partial charge in [-0.15, -0.1) is 0 Å². The summed E-state index contributed by atoms with van der Waals surface area (Å²) in [5.41, 5.74) is 2.01. The van der Waals surface area contributed by atoms with E-state index in [1.54, 1.807) is 0 Å². The quantitative estimate of drug-likeness (QED) is 0.875. The Hall–Kier alpha value is -1.88. The van der Waals surface area contributed by atoms with Crippen molar-refractivity contribution in [3.05, 3.63) is 30.1 Å². The molecule has 3 rings (SSSR count). The maximum absolute atomic E-state index is 11.3. The maximum atomic E-state index is 11.3. The smallest absolute Gasteiger partial charge is 0.321 e. The van der Waals surface area contributed by atoms with E-state index in [1.807, 2.05) is 42.8 Å². The van der Waals surface area contributed by atoms with Crippen molar-refractivity contribution >= 4 is 17.0 Å². The van der Waals surface area contributed by atoms with Gasteiger partial charge in [-0.05, 0) is 37.8 Å². The highest BCUT2D eigenvalue weighted by atomic mass is 16.4. The second-order valence-corrected chi connectivity index (χ2v) is 5.56. The molecule has 1 aliphatic carbocycles. The fourth-order valence-corrected chi connectivity index (χ4v) is 2.73. The number of carboxylic acid groups (broad SMARTS) is 1. The average Bonchev–Trinajstić information content (AvgIpc) is 3.20. The lowest BCUT2D eigenvalue weighted by Crippen LogP contribution is -2.40. The van der Waals surface area contributed by atoms with Gasteiger partial charge in [0, 0.05) is 7.05 Å². The fourth-order valence-electron chi connectivity index (χ4n) is 2.73. The van der Waals surface area contributed by atoms with Crippen molar-refractivity contribution in [2.45, 2.75) is 31.8 Å². The molecule has 2 atom stereocenters. The Morgan fingerprint density at radius 3 is 2.75 bits per heavy atom. The van der Waals surface area contributed by atoms with Crippen LogP contribution in [0.4, 0.5) is 0 Å². The molecule has 1 aromatic heterocycles. The summed E-state index contributed by atoms with van der Waals surface area (Å²) in [7, 11) is 1.97. The minimum atomic E-state index is -0.766. The normalized spacial score (nSPS) is 18.1. The van der Waals surface area contributed by atoms with Crippen LogP contribution in [-0.4, -0.2) is 26.7 Å². The molecule has 0 radical (unpaired) electrons. The summed E-state index contributed by atoms with van der Waals surface area (Å²) >= 11 is 0. The van der Waals surface area contributed by atoms with Crippen LogP contribution in [0.5, 0.6) is 0 Å². The number of nitrogens with one attached hydrogen (secondary N) is 1. The number of aliphatic carboxylic acids is 1. The van der Waals surface area contributed by atoms with Crippen LogP contribution in [0.2, 0.25) is 0 Å². The largest absolute Gasteiger partial charge is 0.480 e. The Balaban J connectivity index is 1.86. The average molecular weight is 273 g/mol. The molecular weight excluding hydrogens is 254 g/mol. The van der Waals surface area contributed by atoms with E-state index < -0.39 is 12.0 Å². The molecule has 0 bridgehead atoms. The van der Waals surface area contributed by atoms with Gasteiger partial charge in [0.15, 0.2) is 0 Å². The molecule has 1 aliphatic rings. The molecule has 1 fully saturated rings. The number of para-hydroxylation sites is 2. The van der Waals surface area contributed by atoms with Crippen molar-refractivity contribution in [1.82, 2.24) is 14.9 Å². The van der Waals surface area contributed by atoms with E-state index in [0.717, 1.165) is 29.7 Å². The molecule has 0 saturated heterocycles. The Morgan fingerprint density at radius 1 is 1.45 bits per heavy atom. The predicted molar refractivity (Wildman–Crippen MR) is 76.4 cm³/mol. The van der Waals surface area contributed by atoms with Gasteiger partial charge in [0.05, 0.1) is 17.1 Å². The van der Waals surface area contributed by atoms with Crippen LogP contribution in [0.1, 0.15) is 31.6 Å². The Bertz CT molecular complexity index is 646. The third kappa shape index (κ3) is 2.29. The third-order valence-electron chi connectivity index (χ3n) is 4.00. The van der Waals surface area contributed by atoms with Gasteiger partial charge in [-0.3, -0.25) is 10.1 Å². The molecule has 5 heteroatoms. The molecule has 20 heavy (non-hydrogen) atoms. The highest BCUT2D eigenvalue weighted by Gasteiger charge is 2.37. The summed E-state index contributed by atoms with van der Waals surface area (Å²) in [6, 6.07) is 7.38. The van der Waals surface area contributed by atoms with Gasteiger partial charge in [-0.25, -0.2) is 4.98 Å². The first-order valence-corrected chi connectivity index (χ1v) is 6.98. The van der Waals surface area contributed by atoms with E-state index in [4.69, 9.17) is 0 Å². The molecule has 0 spiro atoms. The number of imidazole rings is 1. The Morgan fingerprint density at radius 2 is 2.15 bits per heavy atom. The number of fused-ring (bicyclic) bond motifs is 1. The zero-order chi connectivity index (χ0) is 14.3. The van der Waals surface area contributed by atoms with Crippen LogP contribution in [-0.2, 0) is 11.8 Å². The second kappa shape index (κ2) is 4.90. The number of hydrogen-bond acceptors (Lipinski definition) is 3. The molecular formula is C15H19N3O2. The molecule has 1 saturated carbocycles. The number of aromatic nitrogens is 2. The Kier molecular flexibility index (Phi) is 3.22. The monoisotopic (exact) mass is 273 g/mol. The standard InChI is InChI=1S/C15H19N3O2/c1-9(16-13(15(19)20)10-7-8-10)14-17-11-5-3-4-6-12(11)18(14)2/h3-6,9-10,13,16H,7-8H2,1-2H3,(H,19,20). The van der Waals surface area contributed by atoms with Crippen molar-refractivity contribution in [2.75, 3.05) is 0 Å². The first kappa shape index (κ1) is 13.1. The van der Waals surface area contributed by atoms with Crippen molar-refractivity contribution in [3.8, 4) is 0 Å². The second-order valence-electron chi connectivity index (χ2n) is 5.56. The first-order chi connectivity index (χ1) is 9.58. The first-order valence-electron chi connectivity index (χ1n) is 6.98. The van der Waals surface area contributed by atoms with Gasteiger partial charge >= 0.3 is 5.97 Å². The van der Waals surface area contributed by atoms with Crippen LogP contribution in [0.15, 0.2) is 24.3 Å². The highest BCUT2D eigenvalue weighted by molar-refractivity contribution is 5.76. The van der Waals surface area contributed by atoms with Crippen LogP contribution in [0.25, 0.3) is 11.0 Å². The van der Waals surface area contributed by atoms with Gasteiger partial charge in [0.25, 0.3) is 0 Å². The summed E-state index contributed by atoms with van der Waals surface area (Å²) in [6.45, 7) is 1.97. The number of carboxylic acids is 1. The lowest BCUT2D eigenvalue weighted by atomic mass is 10.1. The molecule has 106 valence electrons. The van der Waals surface area contributed by atoms with Gasteiger partial charge in [0.2, 0.25) is 0 Å². The molecule has 1 heterocycles. The van der Waals surface area contributed by atoms with E-state index in [2.05, 4.69) is 10.3 Å². The van der Waals surface area contributed by atoms with Crippen LogP contribution < -0.4 is 5.32 Å². The zero-order valence-electron chi connectivity index (χ0n) is 11.7. The SMILES string of the molecule is CC(NC(C(=O)O)C1CC1)c1nc2ccccc2n1C.